The maximum Gasteiger partial charge on any atom is 0.419 e. The number of anilines is 2. The van der Waals surface area contributed by atoms with Crippen molar-refractivity contribution in [1.29, 1.82) is 0 Å². The Morgan fingerprint density at radius 2 is 1.60 bits per heavy atom. The number of alkyl halides is 6. The molecule has 4 aromatic rings. The molecule has 2 fully saturated rings. The Labute approximate surface area is 297 Å². The van der Waals surface area contributed by atoms with Crippen molar-refractivity contribution >= 4 is 54.4 Å². The number of rotatable bonds is 9. The zero-order valence-electron chi connectivity index (χ0n) is 27.6. The van der Waals surface area contributed by atoms with E-state index in [2.05, 4.69) is 15.5 Å². The second-order valence-electron chi connectivity index (χ2n) is 13.0. The molecule has 2 unspecified atom stereocenters. The Morgan fingerprint density at radius 1 is 0.904 bits per heavy atom. The zero-order valence-corrected chi connectivity index (χ0v) is 29.3. The molecule has 278 valence electrons. The fourth-order valence-electron chi connectivity index (χ4n) is 7.09. The number of fused-ring (bicyclic) bond motifs is 3. The number of piperidine rings is 1. The molecular weight excluding hydrogens is 740 g/mol. The molecular formula is C35H32F7N3O5S2. The molecule has 2 aliphatic rings. The van der Waals surface area contributed by atoms with Gasteiger partial charge in [-0.2, -0.15) is 26.3 Å². The highest BCUT2D eigenvalue weighted by Crippen LogP contribution is 2.45. The Hall–Kier alpha value is -4.22. The highest BCUT2D eigenvalue weighted by atomic mass is 32.2. The van der Waals surface area contributed by atoms with E-state index in [1.54, 1.807) is 12.1 Å². The largest absolute Gasteiger partial charge is 0.496 e. The van der Waals surface area contributed by atoms with Gasteiger partial charge in [-0.25, -0.2) is 12.8 Å². The van der Waals surface area contributed by atoms with Gasteiger partial charge in [-0.1, -0.05) is 12.1 Å². The number of halogens is 7. The van der Waals surface area contributed by atoms with Gasteiger partial charge in [0, 0.05) is 40.7 Å². The molecule has 2 saturated heterocycles. The lowest BCUT2D eigenvalue weighted by atomic mass is 9.84. The van der Waals surface area contributed by atoms with Crippen LogP contribution in [0.4, 0.5) is 42.1 Å². The maximum absolute atomic E-state index is 14.0. The van der Waals surface area contributed by atoms with Crippen molar-refractivity contribution in [3.05, 3.63) is 87.5 Å². The molecule has 8 nitrogen and oxygen atoms in total. The van der Waals surface area contributed by atoms with E-state index in [4.69, 9.17) is 4.74 Å². The summed E-state index contributed by atoms with van der Waals surface area (Å²) in [5, 5.41) is 4.94. The Balaban J connectivity index is 1.31. The van der Waals surface area contributed by atoms with Gasteiger partial charge in [0.25, 0.3) is 11.8 Å². The van der Waals surface area contributed by atoms with Crippen LogP contribution in [0.15, 0.2) is 54.6 Å². The third-order valence-electron chi connectivity index (χ3n) is 9.54. The average molecular weight is 772 g/mol. The second kappa shape index (κ2) is 14.0. The molecule has 0 saturated carbocycles. The van der Waals surface area contributed by atoms with Crippen LogP contribution in [-0.4, -0.2) is 62.9 Å². The van der Waals surface area contributed by atoms with Gasteiger partial charge in [0.2, 0.25) is 0 Å². The zero-order chi connectivity index (χ0) is 37.7. The van der Waals surface area contributed by atoms with Crippen molar-refractivity contribution in [2.75, 3.05) is 36.3 Å². The van der Waals surface area contributed by atoms with Crippen LogP contribution in [0.25, 0.3) is 10.1 Å². The van der Waals surface area contributed by atoms with Crippen LogP contribution in [0.5, 0.6) is 5.75 Å². The normalized spacial score (nSPS) is 19.5. The smallest absolute Gasteiger partial charge is 0.419 e. The highest BCUT2D eigenvalue weighted by molar-refractivity contribution is 7.90. The van der Waals surface area contributed by atoms with Gasteiger partial charge in [0.05, 0.1) is 35.2 Å². The number of carbonyl (C=O) groups excluding carboxylic acids is 2. The predicted molar refractivity (Wildman–Crippen MR) is 182 cm³/mol. The topological polar surface area (TPSA) is 105 Å². The van der Waals surface area contributed by atoms with Gasteiger partial charge in [-0.3, -0.25) is 14.5 Å². The molecule has 6 rings (SSSR count). The fourth-order valence-corrected chi connectivity index (χ4v) is 8.72. The molecule has 0 aliphatic carbocycles. The van der Waals surface area contributed by atoms with Crippen molar-refractivity contribution in [1.82, 2.24) is 4.90 Å². The van der Waals surface area contributed by atoms with Crippen molar-refractivity contribution in [3.8, 4) is 5.75 Å². The summed E-state index contributed by atoms with van der Waals surface area (Å²) < 4.78 is 124. The molecule has 2 aliphatic heterocycles. The Morgan fingerprint density at radius 3 is 2.21 bits per heavy atom. The molecule has 17 heteroatoms. The summed E-state index contributed by atoms with van der Waals surface area (Å²) in [6.45, 7) is 0.441. The number of hydrogen-bond donors (Lipinski definition) is 2. The minimum absolute atomic E-state index is 0.0332. The Kier molecular flexibility index (Phi) is 10.1. The van der Waals surface area contributed by atoms with E-state index in [0.29, 0.717) is 30.0 Å². The number of nitrogens with zero attached hydrogens (tertiary/aromatic N) is 1. The van der Waals surface area contributed by atoms with E-state index in [-0.39, 0.29) is 55.7 Å². The van der Waals surface area contributed by atoms with E-state index < -0.39 is 56.6 Å². The quantitative estimate of drug-likeness (QED) is 0.166. The predicted octanol–water partition coefficient (Wildman–Crippen LogP) is 8.35. The molecule has 2 N–H and O–H groups in total. The monoisotopic (exact) mass is 771 g/mol. The number of carbonyl (C=O) groups is 2. The van der Waals surface area contributed by atoms with Gasteiger partial charge in [-0.15, -0.1) is 11.3 Å². The third-order valence-corrected chi connectivity index (χ3v) is 11.6. The molecule has 2 atom stereocenters. The first-order valence-corrected chi connectivity index (χ1v) is 18.9. The van der Waals surface area contributed by atoms with E-state index >= 15 is 0 Å². The van der Waals surface area contributed by atoms with Crippen molar-refractivity contribution in [2.24, 2.45) is 0 Å². The van der Waals surface area contributed by atoms with Crippen LogP contribution in [0, 0.1) is 5.82 Å². The van der Waals surface area contributed by atoms with E-state index in [0.717, 1.165) is 55.5 Å². The number of sulfone groups is 1. The minimum atomic E-state index is -5.07. The van der Waals surface area contributed by atoms with Crippen molar-refractivity contribution in [2.45, 2.75) is 56.0 Å². The third kappa shape index (κ3) is 7.90. The summed E-state index contributed by atoms with van der Waals surface area (Å²) >= 11 is 0.584. The maximum atomic E-state index is 14.0. The summed E-state index contributed by atoms with van der Waals surface area (Å²) in [6, 6.07) is 9.89. The van der Waals surface area contributed by atoms with Crippen LogP contribution < -0.4 is 15.4 Å². The Bertz CT molecular complexity index is 2140. The highest BCUT2D eigenvalue weighted by Gasteiger charge is 2.41. The van der Waals surface area contributed by atoms with E-state index in [9.17, 15) is 48.7 Å². The SMILES string of the molecule is COc1ccc(C2CC3CCC(C2)N3CCS(C)(=O)=O)cc1C(=O)Nc1c(C(=O)Nc2ccc(F)c(C(F)(F)F)c2)sc2cc(C(F)(F)F)ccc12. The minimum Gasteiger partial charge on any atom is -0.496 e. The summed E-state index contributed by atoms with van der Waals surface area (Å²) in [5.41, 5.74) is -2.38. The van der Waals surface area contributed by atoms with Gasteiger partial charge < -0.3 is 15.4 Å². The molecule has 2 bridgehead atoms. The lowest BCUT2D eigenvalue weighted by Crippen LogP contribution is -2.44. The summed E-state index contributed by atoms with van der Waals surface area (Å²) in [7, 11) is -1.79. The molecule has 1 aromatic heterocycles. The first-order valence-electron chi connectivity index (χ1n) is 16.1. The van der Waals surface area contributed by atoms with Crippen LogP contribution in [0.2, 0.25) is 0 Å². The summed E-state index contributed by atoms with van der Waals surface area (Å²) in [6.07, 6.45) is -5.31. The van der Waals surface area contributed by atoms with Crippen LogP contribution in [0.1, 0.15) is 68.3 Å². The number of thiophene rings is 1. The first-order chi connectivity index (χ1) is 24.3. The van der Waals surface area contributed by atoms with E-state index in [1.165, 1.54) is 13.4 Å². The molecule has 2 amide bonds. The molecule has 3 aromatic carbocycles. The van der Waals surface area contributed by atoms with Crippen LogP contribution in [0.3, 0.4) is 0 Å². The molecule has 3 heterocycles. The number of hydrogen-bond acceptors (Lipinski definition) is 7. The van der Waals surface area contributed by atoms with Crippen molar-refractivity contribution < 1.29 is 53.5 Å². The van der Waals surface area contributed by atoms with E-state index in [1.807, 2.05) is 6.07 Å². The lowest BCUT2D eigenvalue weighted by Gasteiger charge is -2.39. The molecule has 0 radical (unpaired) electrons. The van der Waals surface area contributed by atoms with Crippen LogP contribution >= 0.6 is 11.3 Å². The van der Waals surface area contributed by atoms with Gasteiger partial charge in [-0.05, 0) is 79.6 Å². The summed E-state index contributed by atoms with van der Waals surface area (Å²) in [4.78, 5) is 29.4. The number of benzene rings is 3. The lowest BCUT2D eigenvalue weighted by molar-refractivity contribution is -0.140. The number of amides is 2. The van der Waals surface area contributed by atoms with Crippen LogP contribution in [-0.2, 0) is 22.2 Å². The van der Waals surface area contributed by atoms with Crippen molar-refractivity contribution in [3.63, 3.8) is 0 Å². The van der Waals surface area contributed by atoms with Gasteiger partial charge in [0.15, 0.2) is 0 Å². The fraction of sp³-hybridized carbons (Fsp3) is 0.371. The second-order valence-corrected chi connectivity index (χ2v) is 16.3. The standard InChI is InChI=1S/C35H32F7N3O5S2/c1-50-28-10-3-18(19-13-22-6-7-23(14-19)45(22)11-12-52(2,48)49)15-25(28)32(46)44-30-24-8-4-20(34(37,38)39)16-29(24)51-31(30)33(47)43-21-5-9-27(36)26(17-21)35(40,41)42/h3-5,8-10,15-17,19,22-23H,6-7,11-14H2,1-2H3,(H,43,47)(H,44,46). The molecule has 0 spiro atoms. The van der Waals surface area contributed by atoms with Gasteiger partial charge in [0.1, 0.15) is 26.3 Å². The number of ether oxygens (including phenoxy) is 1. The molecule has 52 heavy (non-hydrogen) atoms. The van der Waals surface area contributed by atoms with Gasteiger partial charge >= 0.3 is 12.4 Å². The number of methoxy groups -OCH3 is 1. The summed E-state index contributed by atoms with van der Waals surface area (Å²) in [5.74, 6) is -3.12. The average Bonchev–Trinajstić information content (AvgIpc) is 3.54. The number of nitrogens with one attached hydrogen (secondary N) is 2. The first kappa shape index (κ1) is 37.5.